The number of carbonyl (C=O) groups is 1. The monoisotopic (exact) mass is 270 g/mol. The van der Waals surface area contributed by atoms with Gasteiger partial charge in [-0.2, -0.15) is 10.5 Å². The van der Waals surface area contributed by atoms with E-state index in [0.29, 0.717) is 17.8 Å². The molecule has 2 unspecified atom stereocenters. The maximum absolute atomic E-state index is 12.1. The van der Waals surface area contributed by atoms with Crippen molar-refractivity contribution < 1.29 is 4.79 Å². The van der Waals surface area contributed by atoms with Gasteiger partial charge in [0.2, 0.25) is 5.91 Å². The number of hydrogen-bond donors (Lipinski definition) is 1. The van der Waals surface area contributed by atoms with Crippen LogP contribution in [0, 0.1) is 28.6 Å². The van der Waals surface area contributed by atoms with Crippen molar-refractivity contribution in [3.05, 3.63) is 29.8 Å². The first kappa shape index (κ1) is 15.7. The predicted octanol–water partition coefficient (Wildman–Crippen LogP) is 1.98. The summed E-state index contributed by atoms with van der Waals surface area (Å²) in [5.41, 5.74) is 1.10. The fourth-order valence-electron chi connectivity index (χ4n) is 1.74. The van der Waals surface area contributed by atoms with Crippen molar-refractivity contribution >= 4 is 11.6 Å². The van der Waals surface area contributed by atoms with E-state index in [2.05, 4.69) is 11.4 Å². The molecule has 1 aromatic rings. The van der Waals surface area contributed by atoms with Gasteiger partial charge in [0.05, 0.1) is 29.7 Å². The van der Waals surface area contributed by atoms with Crippen LogP contribution in [0.5, 0.6) is 0 Å². The number of rotatable bonds is 5. The van der Waals surface area contributed by atoms with Crippen molar-refractivity contribution in [3.8, 4) is 12.1 Å². The molecule has 0 aliphatic heterocycles. The fourth-order valence-corrected chi connectivity index (χ4v) is 1.74. The van der Waals surface area contributed by atoms with E-state index in [9.17, 15) is 4.79 Å². The molecular weight excluding hydrogens is 252 g/mol. The van der Waals surface area contributed by atoms with Gasteiger partial charge in [-0.1, -0.05) is 6.07 Å². The highest BCUT2D eigenvalue weighted by Crippen LogP contribution is 2.11. The Hall–Kier alpha value is -2.37. The molecular formula is C15H18N4O. The van der Waals surface area contributed by atoms with Crippen molar-refractivity contribution in [1.82, 2.24) is 4.90 Å². The lowest BCUT2D eigenvalue weighted by atomic mass is 10.1. The molecule has 0 saturated carbocycles. The number of likely N-dealkylation sites (N-methyl/N-ethyl adjacent to an activating group) is 1. The van der Waals surface area contributed by atoms with Gasteiger partial charge >= 0.3 is 0 Å². The third-order valence-corrected chi connectivity index (χ3v) is 3.08. The van der Waals surface area contributed by atoms with E-state index in [0.717, 1.165) is 0 Å². The third-order valence-electron chi connectivity index (χ3n) is 3.08. The Labute approximate surface area is 119 Å². The van der Waals surface area contributed by atoms with Gasteiger partial charge in [-0.05, 0) is 39.1 Å². The van der Waals surface area contributed by atoms with Crippen LogP contribution in [0.4, 0.5) is 5.69 Å². The van der Waals surface area contributed by atoms with Gasteiger partial charge in [0.25, 0.3) is 0 Å². The van der Waals surface area contributed by atoms with Gasteiger partial charge in [-0.3, -0.25) is 9.69 Å². The summed E-state index contributed by atoms with van der Waals surface area (Å²) in [7, 11) is 1.81. The zero-order chi connectivity index (χ0) is 15.1. The number of hydrogen-bond acceptors (Lipinski definition) is 4. The van der Waals surface area contributed by atoms with Crippen LogP contribution >= 0.6 is 0 Å². The van der Waals surface area contributed by atoms with Crippen molar-refractivity contribution in [2.45, 2.75) is 19.9 Å². The van der Waals surface area contributed by atoms with E-state index < -0.39 is 0 Å². The minimum absolute atomic E-state index is 0.128. The second-order valence-electron chi connectivity index (χ2n) is 4.83. The minimum atomic E-state index is -0.350. The molecule has 0 aromatic heterocycles. The van der Waals surface area contributed by atoms with Crippen LogP contribution < -0.4 is 5.32 Å². The van der Waals surface area contributed by atoms with E-state index in [4.69, 9.17) is 10.5 Å². The standard InChI is InChI=1S/C15H18N4O/c1-11(8-16)10-19(3)12(2)15(20)18-14-6-4-5-13(7-14)9-17/h4-7,11-12H,10H2,1-3H3,(H,18,20). The lowest BCUT2D eigenvalue weighted by molar-refractivity contribution is -0.120. The van der Waals surface area contributed by atoms with Crippen LogP contribution in [0.15, 0.2) is 24.3 Å². The minimum Gasteiger partial charge on any atom is -0.325 e. The molecule has 5 heteroatoms. The van der Waals surface area contributed by atoms with Gasteiger partial charge in [0, 0.05) is 12.2 Å². The molecule has 1 amide bonds. The molecule has 2 atom stereocenters. The highest BCUT2D eigenvalue weighted by atomic mass is 16.2. The Kier molecular flexibility index (Phi) is 5.71. The van der Waals surface area contributed by atoms with Crippen molar-refractivity contribution in [2.24, 2.45) is 5.92 Å². The third kappa shape index (κ3) is 4.38. The first-order chi connectivity index (χ1) is 9.47. The van der Waals surface area contributed by atoms with Crippen LogP contribution in [0.25, 0.3) is 0 Å². The Morgan fingerprint density at radius 2 is 2.10 bits per heavy atom. The summed E-state index contributed by atoms with van der Waals surface area (Å²) in [6.45, 7) is 4.13. The fraction of sp³-hybridized carbons (Fsp3) is 0.400. The molecule has 0 spiro atoms. The number of carbonyl (C=O) groups excluding carboxylic acids is 1. The van der Waals surface area contributed by atoms with E-state index >= 15 is 0 Å². The summed E-state index contributed by atoms with van der Waals surface area (Å²) >= 11 is 0. The van der Waals surface area contributed by atoms with E-state index in [1.807, 2.05) is 24.9 Å². The molecule has 1 N–H and O–H groups in total. The molecule has 0 radical (unpaired) electrons. The molecule has 0 heterocycles. The van der Waals surface area contributed by atoms with Crippen LogP contribution in [-0.2, 0) is 4.79 Å². The number of nitrogens with one attached hydrogen (secondary N) is 1. The molecule has 0 aliphatic carbocycles. The second-order valence-corrected chi connectivity index (χ2v) is 4.83. The highest BCUT2D eigenvalue weighted by molar-refractivity contribution is 5.94. The first-order valence-corrected chi connectivity index (χ1v) is 6.38. The molecule has 0 bridgehead atoms. The quantitative estimate of drug-likeness (QED) is 0.887. The highest BCUT2D eigenvalue weighted by Gasteiger charge is 2.19. The molecule has 1 aromatic carbocycles. The SMILES string of the molecule is CC(C#N)CN(C)C(C)C(=O)Nc1cccc(C#N)c1. The van der Waals surface area contributed by atoms with E-state index in [1.165, 1.54) is 0 Å². The number of nitriles is 2. The summed E-state index contributed by atoms with van der Waals surface area (Å²) in [4.78, 5) is 13.9. The van der Waals surface area contributed by atoms with Crippen LogP contribution in [0.2, 0.25) is 0 Å². The second kappa shape index (κ2) is 7.28. The summed E-state index contributed by atoms with van der Waals surface area (Å²) in [6.07, 6.45) is 0. The molecule has 0 aliphatic rings. The molecule has 1 rings (SSSR count). The molecule has 5 nitrogen and oxygen atoms in total. The van der Waals surface area contributed by atoms with Gasteiger partial charge in [-0.15, -0.1) is 0 Å². The summed E-state index contributed by atoms with van der Waals surface area (Å²) in [5, 5.41) is 20.4. The van der Waals surface area contributed by atoms with Crippen molar-refractivity contribution in [2.75, 3.05) is 18.9 Å². The predicted molar refractivity (Wildman–Crippen MR) is 76.7 cm³/mol. The zero-order valence-electron chi connectivity index (χ0n) is 11.9. The van der Waals surface area contributed by atoms with Crippen molar-refractivity contribution in [1.29, 1.82) is 10.5 Å². The summed E-state index contributed by atoms with van der Waals surface area (Å²) in [5.74, 6) is -0.287. The zero-order valence-corrected chi connectivity index (χ0v) is 11.9. The number of amides is 1. The lowest BCUT2D eigenvalue weighted by Crippen LogP contribution is -2.41. The molecule has 0 fully saturated rings. The average Bonchev–Trinajstić information content (AvgIpc) is 2.46. The number of benzene rings is 1. The van der Waals surface area contributed by atoms with Gasteiger partial charge < -0.3 is 5.32 Å². The summed E-state index contributed by atoms with van der Waals surface area (Å²) in [6, 6.07) is 10.6. The van der Waals surface area contributed by atoms with Crippen molar-refractivity contribution in [3.63, 3.8) is 0 Å². The Balaban J connectivity index is 2.66. The smallest absolute Gasteiger partial charge is 0.241 e. The molecule has 104 valence electrons. The van der Waals surface area contributed by atoms with Crippen LogP contribution in [0.1, 0.15) is 19.4 Å². The molecule has 0 saturated heterocycles. The largest absolute Gasteiger partial charge is 0.325 e. The maximum Gasteiger partial charge on any atom is 0.241 e. The number of anilines is 1. The lowest BCUT2D eigenvalue weighted by Gasteiger charge is -2.24. The van der Waals surface area contributed by atoms with Gasteiger partial charge in [0.15, 0.2) is 0 Å². The Bertz CT molecular complexity index is 556. The Morgan fingerprint density at radius 3 is 2.70 bits per heavy atom. The van der Waals surface area contributed by atoms with E-state index in [-0.39, 0.29) is 17.9 Å². The topological polar surface area (TPSA) is 79.9 Å². The first-order valence-electron chi connectivity index (χ1n) is 6.38. The normalized spacial score (nSPS) is 13.1. The number of nitrogens with zero attached hydrogens (tertiary/aromatic N) is 3. The van der Waals surface area contributed by atoms with Gasteiger partial charge in [-0.25, -0.2) is 0 Å². The average molecular weight is 270 g/mol. The van der Waals surface area contributed by atoms with Gasteiger partial charge in [0.1, 0.15) is 0 Å². The summed E-state index contributed by atoms with van der Waals surface area (Å²) < 4.78 is 0. The maximum atomic E-state index is 12.1. The Morgan fingerprint density at radius 1 is 1.40 bits per heavy atom. The van der Waals surface area contributed by atoms with Crippen LogP contribution in [0.3, 0.4) is 0 Å². The van der Waals surface area contributed by atoms with E-state index in [1.54, 1.807) is 31.2 Å². The molecule has 20 heavy (non-hydrogen) atoms. The van der Waals surface area contributed by atoms with Crippen LogP contribution in [-0.4, -0.2) is 30.4 Å².